The number of hydrogen-bond donors (Lipinski definition) is 2. The molecule has 0 bridgehead atoms. The number of hydrazine groups is 1. The summed E-state index contributed by atoms with van der Waals surface area (Å²) in [6, 6.07) is 8.79. The monoisotopic (exact) mass is 372 g/mol. The lowest BCUT2D eigenvalue weighted by Crippen LogP contribution is -2.29. The molecular weight excluding hydrogens is 355 g/mol. The quantitative estimate of drug-likeness (QED) is 0.476. The molecular formula is C14H17IN2S. The minimum Gasteiger partial charge on any atom is -0.271 e. The zero-order chi connectivity index (χ0) is 13.0. The summed E-state index contributed by atoms with van der Waals surface area (Å²) in [5.41, 5.74) is 6.95. The molecule has 2 aromatic rings. The first-order chi connectivity index (χ1) is 8.72. The summed E-state index contributed by atoms with van der Waals surface area (Å²) in [5.74, 6) is 5.71. The zero-order valence-electron chi connectivity index (χ0n) is 10.3. The summed E-state index contributed by atoms with van der Waals surface area (Å²) >= 11 is 4.15. The Balaban J connectivity index is 2.10. The van der Waals surface area contributed by atoms with Crippen molar-refractivity contribution in [3.05, 3.63) is 55.3 Å². The van der Waals surface area contributed by atoms with Gasteiger partial charge < -0.3 is 0 Å². The van der Waals surface area contributed by atoms with Gasteiger partial charge in [-0.15, -0.1) is 0 Å². The van der Waals surface area contributed by atoms with E-state index in [1.165, 1.54) is 20.3 Å². The topological polar surface area (TPSA) is 38.0 Å². The van der Waals surface area contributed by atoms with Crippen LogP contribution in [0, 0.1) is 10.5 Å². The van der Waals surface area contributed by atoms with E-state index < -0.39 is 0 Å². The van der Waals surface area contributed by atoms with Crippen LogP contribution in [0.4, 0.5) is 0 Å². The van der Waals surface area contributed by atoms with E-state index in [1.807, 2.05) is 0 Å². The molecule has 0 aliphatic heterocycles. The van der Waals surface area contributed by atoms with Crippen molar-refractivity contribution in [1.82, 2.24) is 5.43 Å². The molecule has 18 heavy (non-hydrogen) atoms. The molecule has 0 saturated carbocycles. The van der Waals surface area contributed by atoms with Gasteiger partial charge in [-0.3, -0.25) is 11.3 Å². The molecule has 4 heteroatoms. The lowest BCUT2D eigenvalue weighted by Gasteiger charge is -2.18. The number of aryl methyl sites for hydroxylation is 2. The SMILES string of the molecule is Cc1cccc(C(CCc2ccsc2)NN)c1I. The van der Waals surface area contributed by atoms with Crippen LogP contribution in [0.15, 0.2) is 35.0 Å². The van der Waals surface area contributed by atoms with Gasteiger partial charge in [-0.1, -0.05) is 18.2 Å². The van der Waals surface area contributed by atoms with E-state index >= 15 is 0 Å². The maximum absolute atomic E-state index is 5.71. The fourth-order valence-electron chi connectivity index (χ4n) is 2.01. The van der Waals surface area contributed by atoms with Crippen molar-refractivity contribution < 1.29 is 0 Å². The van der Waals surface area contributed by atoms with Gasteiger partial charge in [-0.25, -0.2) is 0 Å². The van der Waals surface area contributed by atoms with E-state index in [0.717, 1.165) is 12.8 Å². The Morgan fingerprint density at radius 1 is 1.39 bits per heavy atom. The van der Waals surface area contributed by atoms with Gasteiger partial charge in [0.05, 0.1) is 0 Å². The minimum atomic E-state index is 0.219. The van der Waals surface area contributed by atoms with Crippen LogP contribution in [0.1, 0.15) is 29.2 Å². The molecule has 2 nitrogen and oxygen atoms in total. The van der Waals surface area contributed by atoms with Gasteiger partial charge >= 0.3 is 0 Å². The third-order valence-electron chi connectivity index (χ3n) is 3.10. The van der Waals surface area contributed by atoms with Gasteiger partial charge in [0.2, 0.25) is 0 Å². The lowest BCUT2D eigenvalue weighted by molar-refractivity contribution is 0.514. The molecule has 0 spiro atoms. The van der Waals surface area contributed by atoms with Gasteiger partial charge in [0, 0.05) is 9.61 Å². The van der Waals surface area contributed by atoms with Crippen LogP contribution in [-0.4, -0.2) is 0 Å². The summed E-state index contributed by atoms with van der Waals surface area (Å²) in [5, 5.41) is 4.32. The fraction of sp³-hybridized carbons (Fsp3) is 0.286. The van der Waals surface area contributed by atoms with Gasteiger partial charge in [0.1, 0.15) is 0 Å². The van der Waals surface area contributed by atoms with Crippen molar-refractivity contribution >= 4 is 33.9 Å². The lowest BCUT2D eigenvalue weighted by atomic mass is 9.99. The summed E-state index contributed by atoms with van der Waals surface area (Å²) < 4.78 is 1.31. The summed E-state index contributed by atoms with van der Waals surface area (Å²) in [7, 11) is 0. The third-order valence-corrected chi connectivity index (χ3v) is 5.31. The second kappa shape index (κ2) is 6.65. The Hall–Kier alpha value is -0.430. The molecule has 0 aliphatic rings. The van der Waals surface area contributed by atoms with E-state index in [0.29, 0.717) is 0 Å². The molecule has 0 fully saturated rings. The summed E-state index contributed by atoms with van der Waals surface area (Å²) in [6.07, 6.45) is 2.08. The molecule has 1 heterocycles. The second-order valence-corrected chi connectivity index (χ2v) is 6.23. The first kappa shape index (κ1) is 14.0. The smallest absolute Gasteiger partial charge is 0.0473 e. The molecule has 2 rings (SSSR count). The van der Waals surface area contributed by atoms with Crippen molar-refractivity contribution in [2.75, 3.05) is 0 Å². The predicted octanol–water partition coefficient (Wildman–Crippen LogP) is 3.80. The molecule has 0 amide bonds. The molecule has 3 N–H and O–H groups in total. The number of rotatable bonds is 5. The fourth-order valence-corrected chi connectivity index (χ4v) is 3.45. The minimum absolute atomic E-state index is 0.219. The first-order valence-electron chi connectivity index (χ1n) is 5.94. The Morgan fingerprint density at radius 3 is 2.89 bits per heavy atom. The van der Waals surface area contributed by atoms with Crippen LogP contribution in [0.5, 0.6) is 0 Å². The van der Waals surface area contributed by atoms with Crippen molar-refractivity contribution in [2.45, 2.75) is 25.8 Å². The number of thiophene rings is 1. The average Bonchev–Trinajstić information content (AvgIpc) is 2.88. The van der Waals surface area contributed by atoms with Crippen LogP contribution >= 0.6 is 33.9 Å². The highest BCUT2D eigenvalue weighted by molar-refractivity contribution is 14.1. The van der Waals surface area contributed by atoms with Gasteiger partial charge in [0.25, 0.3) is 0 Å². The van der Waals surface area contributed by atoms with E-state index in [1.54, 1.807) is 11.3 Å². The third kappa shape index (κ3) is 3.32. The van der Waals surface area contributed by atoms with E-state index in [2.05, 4.69) is 70.0 Å². The number of halogens is 1. The highest BCUT2D eigenvalue weighted by Crippen LogP contribution is 2.26. The molecule has 1 unspecified atom stereocenters. The number of nitrogens with one attached hydrogen (secondary N) is 1. The highest BCUT2D eigenvalue weighted by Gasteiger charge is 2.14. The van der Waals surface area contributed by atoms with Crippen molar-refractivity contribution in [3.63, 3.8) is 0 Å². The number of hydrogen-bond acceptors (Lipinski definition) is 3. The van der Waals surface area contributed by atoms with Crippen LogP contribution in [-0.2, 0) is 6.42 Å². The maximum atomic E-state index is 5.71. The van der Waals surface area contributed by atoms with E-state index in [4.69, 9.17) is 5.84 Å². The van der Waals surface area contributed by atoms with E-state index in [-0.39, 0.29) is 6.04 Å². The standard InChI is InChI=1S/C14H17IN2S/c1-10-3-2-4-12(14(10)15)13(17-16)6-5-11-7-8-18-9-11/h2-4,7-9,13,17H,5-6,16H2,1H3. The zero-order valence-corrected chi connectivity index (χ0v) is 13.3. The molecule has 1 aromatic heterocycles. The van der Waals surface area contributed by atoms with E-state index in [9.17, 15) is 0 Å². The molecule has 0 aliphatic carbocycles. The summed E-state index contributed by atoms with van der Waals surface area (Å²) in [4.78, 5) is 0. The van der Waals surface area contributed by atoms with Crippen LogP contribution in [0.3, 0.4) is 0 Å². The Bertz CT molecular complexity index is 497. The first-order valence-corrected chi connectivity index (χ1v) is 7.96. The normalized spacial score (nSPS) is 12.6. The average molecular weight is 372 g/mol. The maximum Gasteiger partial charge on any atom is 0.0473 e. The highest BCUT2D eigenvalue weighted by atomic mass is 127. The van der Waals surface area contributed by atoms with Crippen molar-refractivity contribution in [1.29, 1.82) is 0 Å². The second-order valence-electron chi connectivity index (χ2n) is 4.37. The van der Waals surface area contributed by atoms with Gasteiger partial charge in [-0.2, -0.15) is 11.3 Å². The van der Waals surface area contributed by atoms with Crippen LogP contribution in [0.2, 0.25) is 0 Å². The molecule has 0 radical (unpaired) electrons. The van der Waals surface area contributed by atoms with Crippen molar-refractivity contribution in [2.24, 2.45) is 5.84 Å². The number of nitrogens with two attached hydrogens (primary N) is 1. The number of benzene rings is 1. The molecule has 0 saturated heterocycles. The molecule has 1 atom stereocenters. The van der Waals surface area contributed by atoms with Crippen LogP contribution < -0.4 is 11.3 Å². The Morgan fingerprint density at radius 2 is 2.22 bits per heavy atom. The predicted molar refractivity (Wildman–Crippen MR) is 86.6 cm³/mol. The Labute approximate surface area is 126 Å². The summed E-state index contributed by atoms with van der Waals surface area (Å²) in [6.45, 7) is 2.14. The molecule has 1 aromatic carbocycles. The largest absolute Gasteiger partial charge is 0.271 e. The van der Waals surface area contributed by atoms with Crippen molar-refractivity contribution in [3.8, 4) is 0 Å². The van der Waals surface area contributed by atoms with Crippen LogP contribution in [0.25, 0.3) is 0 Å². The van der Waals surface area contributed by atoms with Gasteiger partial charge in [0.15, 0.2) is 0 Å². The molecule has 96 valence electrons. The Kier molecular flexibility index (Phi) is 5.17. The van der Waals surface area contributed by atoms with Gasteiger partial charge in [-0.05, 0) is 75.9 Å².